The highest BCUT2D eigenvalue weighted by Crippen LogP contribution is 2.25. The van der Waals surface area contributed by atoms with Gasteiger partial charge in [0.05, 0.1) is 12.8 Å². The first-order valence-electron chi connectivity index (χ1n) is 11.4. The molecule has 33 heavy (non-hydrogen) atoms. The highest BCUT2D eigenvalue weighted by atomic mass is 32.1. The Kier molecular flexibility index (Phi) is 7.85. The lowest BCUT2D eigenvalue weighted by Crippen LogP contribution is -2.47. The molecule has 0 radical (unpaired) electrons. The van der Waals surface area contributed by atoms with Crippen LogP contribution in [0.3, 0.4) is 0 Å². The molecule has 0 atom stereocenters. The van der Waals surface area contributed by atoms with E-state index in [0.29, 0.717) is 28.3 Å². The second kappa shape index (κ2) is 11.2. The van der Waals surface area contributed by atoms with Crippen LogP contribution in [0.25, 0.3) is 0 Å². The van der Waals surface area contributed by atoms with Crippen molar-refractivity contribution >= 4 is 34.1 Å². The first-order chi connectivity index (χ1) is 16.1. The summed E-state index contributed by atoms with van der Waals surface area (Å²) >= 11 is 1.25. The van der Waals surface area contributed by atoms with Crippen LogP contribution < -0.4 is 10.2 Å². The van der Waals surface area contributed by atoms with E-state index >= 15 is 0 Å². The average molecular weight is 467 g/mol. The van der Waals surface area contributed by atoms with E-state index in [-0.39, 0.29) is 5.97 Å². The summed E-state index contributed by atoms with van der Waals surface area (Å²) in [5.41, 5.74) is 1.40. The summed E-state index contributed by atoms with van der Waals surface area (Å²) in [6.45, 7) is 9.05. The maximum Gasteiger partial charge on any atom is 0.350 e. The molecule has 8 nitrogen and oxygen atoms in total. The molecule has 1 fully saturated rings. The van der Waals surface area contributed by atoms with Crippen LogP contribution in [0, 0.1) is 6.92 Å². The number of thiazole rings is 1. The van der Waals surface area contributed by atoms with E-state index in [1.165, 1.54) is 29.5 Å². The number of hydrogen-bond donors (Lipinski definition) is 1. The molecule has 0 spiro atoms. The number of esters is 1. The molecular weight excluding hydrogens is 436 g/mol. The quantitative estimate of drug-likeness (QED) is 0.475. The molecule has 1 aromatic carbocycles. The number of anilines is 3. The lowest BCUT2D eigenvalue weighted by atomic mass is 10.1. The molecule has 1 aliphatic rings. The Labute approximate surface area is 198 Å². The molecule has 0 unspecified atom stereocenters. The van der Waals surface area contributed by atoms with E-state index in [2.05, 4.69) is 60.4 Å². The summed E-state index contributed by atoms with van der Waals surface area (Å²) in [6.07, 6.45) is 3.82. The van der Waals surface area contributed by atoms with Crippen molar-refractivity contribution in [3.05, 3.63) is 58.9 Å². The fourth-order valence-corrected chi connectivity index (χ4v) is 4.59. The van der Waals surface area contributed by atoms with Gasteiger partial charge < -0.3 is 15.0 Å². The zero-order chi connectivity index (χ0) is 23.0. The lowest BCUT2D eigenvalue weighted by Gasteiger charge is -2.35. The molecule has 3 aromatic rings. The molecule has 0 saturated carbocycles. The summed E-state index contributed by atoms with van der Waals surface area (Å²) in [6, 6.07) is 12.6. The van der Waals surface area contributed by atoms with Crippen molar-refractivity contribution in [2.45, 2.75) is 26.7 Å². The summed E-state index contributed by atoms with van der Waals surface area (Å²) in [5, 5.41) is 3.81. The highest BCUT2D eigenvalue weighted by molar-refractivity contribution is 7.17. The van der Waals surface area contributed by atoms with Gasteiger partial charge >= 0.3 is 5.97 Å². The van der Waals surface area contributed by atoms with E-state index in [9.17, 15) is 4.79 Å². The van der Waals surface area contributed by atoms with Gasteiger partial charge in [0, 0.05) is 32.2 Å². The van der Waals surface area contributed by atoms with Gasteiger partial charge in [-0.1, -0.05) is 41.7 Å². The molecular formula is C24H30N6O2S. The van der Waals surface area contributed by atoms with E-state index in [4.69, 9.17) is 4.74 Å². The van der Waals surface area contributed by atoms with Crippen LogP contribution in [0.15, 0.2) is 42.6 Å². The van der Waals surface area contributed by atoms with Gasteiger partial charge in [-0.05, 0) is 38.8 Å². The molecule has 0 bridgehead atoms. The van der Waals surface area contributed by atoms with Gasteiger partial charge in [0.2, 0.25) is 0 Å². The van der Waals surface area contributed by atoms with Crippen molar-refractivity contribution in [1.29, 1.82) is 0 Å². The molecule has 1 aliphatic heterocycles. The molecule has 3 heterocycles. The van der Waals surface area contributed by atoms with Crippen LogP contribution in [-0.2, 0) is 11.2 Å². The first kappa shape index (κ1) is 23.1. The Morgan fingerprint density at radius 1 is 1.15 bits per heavy atom. The monoisotopic (exact) mass is 466 g/mol. The fourth-order valence-electron chi connectivity index (χ4n) is 3.87. The first-order valence-corrected chi connectivity index (χ1v) is 12.2. The molecule has 9 heteroatoms. The Morgan fingerprint density at radius 3 is 2.70 bits per heavy atom. The Bertz CT molecular complexity index is 1050. The predicted octanol–water partition coefficient (Wildman–Crippen LogP) is 3.92. The number of rotatable bonds is 9. The second-order valence-electron chi connectivity index (χ2n) is 7.95. The maximum atomic E-state index is 11.9. The van der Waals surface area contributed by atoms with Crippen molar-refractivity contribution < 1.29 is 9.53 Å². The minimum Gasteiger partial charge on any atom is -0.462 e. The summed E-state index contributed by atoms with van der Waals surface area (Å²) in [5.74, 6) is 1.93. The standard InChI is InChI=1S/C24H30N6O2S/c1-3-32-23(31)20-17-25-24(33-20)28-21-16-22(27-18(2)26-21)30-14-12-29(13-15-30)11-7-10-19-8-5-4-6-9-19/h4-6,8-9,16-17H,3,7,10-15H2,1-2H3,(H,25,26,27,28). The predicted molar refractivity (Wildman–Crippen MR) is 132 cm³/mol. The van der Waals surface area contributed by atoms with Crippen LogP contribution in [0.4, 0.5) is 16.8 Å². The van der Waals surface area contributed by atoms with E-state index in [1.807, 2.05) is 13.0 Å². The van der Waals surface area contributed by atoms with Crippen molar-refractivity contribution in [3.8, 4) is 0 Å². The van der Waals surface area contributed by atoms with Crippen LogP contribution in [-0.4, -0.2) is 65.2 Å². The lowest BCUT2D eigenvalue weighted by molar-refractivity contribution is 0.0532. The SMILES string of the molecule is CCOC(=O)c1cnc(Nc2cc(N3CCN(CCCc4ccccc4)CC3)nc(C)n2)s1. The normalized spacial score (nSPS) is 14.3. The van der Waals surface area contributed by atoms with Crippen LogP contribution in [0.2, 0.25) is 0 Å². The molecule has 1 N–H and O–H groups in total. The fraction of sp³-hybridized carbons (Fsp3) is 0.417. The van der Waals surface area contributed by atoms with Gasteiger partial charge in [-0.15, -0.1) is 0 Å². The number of piperazine rings is 1. The van der Waals surface area contributed by atoms with Crippen molar-refractivity contribution in [2.75, 3.05) is 49.5 Å². The number of aromatic nitrogens is 3. The Morgan fingerprint density at radius 2 is 1.94 bits per heavy atom. The zero-order valence-corrected chi connectivity index (χ0v) is 20.0. The largest absolute Gasteiger partial charge is 0.462 e. The van der Waals surface area contributed by atoms with Crippen molar-refractivity contribution in [2.24, 2.45) is 0 Å². The van der Waals surface area contributed by atoms with Gasteiger partial charge in [0.25, 0.3) is 0 Å². The second-order valence-corrected chi connectivity index (χ2v) is 8.98. The maximum absolute atomic E-state index is 11.9. The summed E-state index contributed by atoms with van der Waals surface area (Å²) < 4.78 is 5.03. The molecule has 1 saturated heterocycles. The number of carbonyl (C=O) groups is 1. The molecule has 174 valence electrons. The number of benzene rings is 1. The highest BCUT2D eigenvalue weighted by Gasteiger charge is 2.19. The van der Waals surface area contributed by atoms with Crippen LogP contribution >= 0.6 is 11.3 Å². The van der Waals surface area contributed by atoms with Crippen LogP contribution in [0.1, 0.15) is 34.4 Å². The van der Waals surface area contributed by atoms with Gasteiger partial charge in [-0.3, -0.25) is 4.90 Å². The number of hydrogen-bond acceptors (Lipinski definition) is 9. The third-order valence-corrected chi connectivity index (χ3v) is 6.41. The number of ether oxygens (including phenoxy) is 1. The number of nitrogens with one attached hydrogen (secondary N) is 1. The minimum atomic E-state index is -0.357. The molecule has 2 aromatic heterocycles. The number of carbonyl (C=O) groups excluding carboxylic acids is 1. The molecule has 4 rings (SSSR count). The zero-order valence-electron chi connectivity index (χ0n) is 19.2. The third-order valence-electron chi connectivity index (χ3n) is 5.52. The number of nitrogens with zero attached hydrogens (tertiary/aromatic N) is 5. The van der Waals surface area contributed by atoms with Crippen molar-refractivity contribution in [3.63, 3.8) is 0 Å². The molecule has 0 aliphatic carbocycles. The van der Waals surface area contributed by atoms with E-state index in [0.717, 1.165) is 45.0 Å². The average Bonchev–Trinajstić information content (AvgIpc) is 3.29. The Balaban J connectivity index is 1.30. The number of aryl methyl sites for hydroxylation is 2. The van der Waals surface area contributed by atoms with Gasteiger partial charge in [0.1, 0.15) is 22.3 Å². The van der Waals surface area contributed by atoms with Gasteiger partial charge in [0.15, 0.2) is 5.13 Å². The smallest absolute Gasteiger partial charge is 0.350 e. The minimum absolute atomic E-state index is 0.342. The van der Waals surface area contributed by atoms with E-state index < -0.39 is 0 Å². The van der Waals surface area contributed by atoms with E-state index in [1.54, 1.807) is 6.92 Å². The Hall–Kier alpha value is -3.04. The summed E-state index contributed by atoms with van der Waals surface area (Å²) in [7, 11) is 0. The third kappa shape index (κ3) is 6.49. The van der Waals surface area contributed by atoms with Crippen LogP contribution in [0.5, 0.6) is 0 Å². The van der Waals surface area contributed by atoms with Gasteiger partial charge in [-0.25, -0.2) is 19.7 Å². The molecule has 0 amide bonds. The van der Waals surface area contributed by atoms with Gasteiger partial charge in [-0.2, -0.15) is 0 Å². The van der Waals surface area contributed by atoms with Crippen molar-refractivity contribution in [1.82, 2.24) is 19.9 Å². The summed E-state index contributed by atoms with van der Waals surface area (Å²) in [4.78, 5) is 30.6. The topological polar surface area (TPSA) is 83.5 Å².